The summed E-state index contributed by atoms with van der Waals surface area (Å²) in [4.78, 5) is 4.62. The number of fused-ring (bicyclic) bond motifs is 1. The summed E-state index contributed by atoms with van der Waals surface area (Å²) in [7, 11) is 0. The normalized spacial score (nSPS) is 12.7. The number of thiocarbonyl (C=S) groups is 1. The molecule has 0 saturated heterocycles. The van der Waals surface area contributed by atoms with Crippen LogP contribution in [0.2, 0.25) is 0 Å². The molecule has 2 aromatic heterocycles. The summed E-state index contributed by atoms with van der Waals surface area (Å²) in [5.74, 6) is 0.872. The molecule has 0 unspecified atom stereocenters. The number of pyridine rings is 1. The van der Waals surface area contributed by atoms with Crippen LogP contribution in [0.15, 0.2) is 53.1 Å². The van der Waals surface area contributed by atoms with Crippen LogP contribution in [0.1, 0.15) is 29.7 Å². The van der Waals surface area contributed by atoms with Crippen molar-refractivity contribution in [2.45, 2.75) is 25.7 Å². The number of furan rings is 1. The fourth-order valence-electron chi connectivity index (χ4n) is 3.34. The topological polar surface area (TPSA) is 71.1 Å². The quantitative estimate of drug-likeness (QED) is 0.659. The van der Waals surface area contributed by atoms with Crippen molar-refractivity contribution in [3.8, 4) is 23.3 Å². The lowest BCUT2D eigenvalue weighted by Gasteiger charge is -2.21. The molecular weight excluding hydrogens is 358 g/mol. The van der Waals surface area contributed by atoms with E-state index in [0.29, 0.717) is 11.3 Å². The van der Waals surface area contributed by atoms with Gasteiger partial charge in [-0.15, -0.1) is 0 Å². The first-order valence-electron chi connectivity index (χ1n) is 8.80. The molecule has 3 aromatic rings. The first kappa shape index (κ1) is 17.3. The minimum Gasteiger partial charge on any atom is -0.464 e. The third kappa shape index (κ3) is 3.55. The average Bonchev–Trinajstić information content (AvgIpc) is 3.22. The minimum absolute atomic E-state index is 0.145. The van der Waals surface area contributed by atoms with Crippen molar-refractivity contribution in [3.05, 3.63) is 65.5 Å². The Morgan fingerprint density at radius 3 is 2.70 bits per heavy atom. The summed E-state index contributed by atoms with van der Waals surface area (Å²) in [6, 6.07) is 15.4. The van der Waals surface area contributed by atoms with E-state index in [2.05, 4.69) is 16.4 Å². The molecule has 0 bridgehead atoms. The zero-order valence-electron chi connectivity index (χ0n) is 14.6. The van der Waals surface area contributed by atoms with Gasteiger partial charge in [-0.2, -0.15) is 5.26 Å². The number of nitrogens with zero attached hydrogens (tertiary/aromatic N) is 2. The van der Waals surface area contributed by atoms with E-state index in [1.165, 1.54) is 0 Å². The van der Waals surface area contributed by atoms with Gasteiger partial charge in [-0.1, -0.05) is 18.2 Å². The summed E-state index contributed by atoms with van der Waals surface area (Å²) in [6.45, 7) is 0. The van der Waals surface area contributed by atoms with Gasteiger partial charge in [-0.3, -0.25) is 0 Å². The van der Waals surface area contributed by atoms with Crippen molar-refractivity contribution in [2.24, 2.45) is 0 Å². The molecule has 0 radical (unpaired) electrons. The number of rotatable bonds is 3. The highest BCUT2D eigenvalue weighted by Crippen LogP contribution is 2.37. The number of benzene rings is 1. The van der Waals surface area contributed by atoms with Crippen molar-refractivity contribution in [1.29, 1.82) is 5.26 Å². The van der Waals surface area contributed by atoms with Gasteiger partial charge in [0.2, 0.25) is 5.88 Å². The Labute approximate surface area is 162 Å². The molecule has 0 atom stereocenters. The molecule has 1 aliphatic rings. The molecule has 1 aliphatic carbocycles. The zero-order valence-corrected chi connectivity index (χ0v) is 15.4. The standard InChI is InChI=1S/C21H17N3O2S/c22-13-16-19(18-11-6-12-25-18)15-9-4-5-10-17(15)24-20(16)26-21(27)23-14-7-2-1-3-8-14/h1-3,6-8,11-12H,4-5,9-10H2,(H,23,27). The maximum Gasteiger partial charge on any atom is 0.268 e. The number of aryl methyl sites for hydroxylation is 1. The number of para-hydroxylation sites is 1. The van der Waals surface area contributed by atoms with Crippen molar-refractivity contribution < 1.29 is 9.15 Å². The Bertz CT molecular complexity index is 1010. The lowest BCUT2D eigenvalue weighted by molar-refractivity contribution is 0.525. The van der Waals surface area contributed by atoms with Crippen LogP contribution in [0, 0.1) is 11.3 Å². The number of nitriles is 1. The van der Waals surface area contributed by atoms with E-state index < -0.39 is 0 Å². The molecule has 0 saturated carbocycles. The summed E-state index contributed by atoms with van der Waals surface area (Å²) in [5.41, 5.74) is 3.95. The summed E-state index contributed by atoms with van der Waals surface area (Å²) < 4.78 is 11.4. The van der Waals surface area contributed by atoms with Crippen molar-refractivity contribution >= 4 is 23.1 Å². The molecule has 1 N–H and O–H groups in total. The molecule has 0 fully saturated rings. The summed E-state index contributed by atoms with van der Waals surface area (Å²) in [6.07, 6.45) is 5.47. The molecular formula is C21H17N3O2S. The van der Waals surface area contributed by atoms with Crippen LogP contribution in [0.5, 0.6) is 5.88 Å². The van der Waals surface area contributed by atoms with Gasteiger partial charge in [0.05, 0.1) is 6.26 Å². The second kappa shape index (κ2) is 7.60. The maximum atomic E-state index is 9.83. The van der Waals surface area contributed by atoms with E-state index in [4.69, 9.17) is 21.4 Å². The largest absolute Gasteiger partial charge is 0.464 e. The number of hydrogen-bond donors (Lipinski definition) is 1. The third-order valence-corrected chi connectivity index (χ3v) is 4.72. The molecule has 27 heavy (non-hydrogen) atoms. The fourth-order valence-corrected chi connectivity index (χ4v) is 3.54. The van der Waals surface area contributed by atoms with Crippen LogP contribution in [0.25, 0.3) is 11.3 Å². The monoisotopic (exact) mass is 375 g/mol. The van der Waals surface area contributed by atoms with Crippen molar-refractivity contribution in [3.63, 3.8) is 0 Å². The molecule has 4 rings (SSSR count). The number of ether oxygens (including phenoxy) is 1. The summed E-state index contributed by atoms with van der Waals surface area (Å²) >= 11 is 5.32. The Kier molecular flexibility index (Phi) is 4.86. The molecule has 0 amide bonds. The smallest absolute Gasteiger partial charge is 0.268 e. The maximum absolute atomic E-state index is 9.83. The van der Waals surface area contributed by atoms with Gasteiger partial charge in [0, 0.05) is 16.9 Å². The zero-order chi connectivity index (χ0) is 18.6. The van der Waals surface area contributed by atoms with Gasteiger partial charge in [0.25, 0.3) is 5.17 Å². The SMILES string of the molecule is N#Cc1c(OC(=S)Nc2ccccc2)nc2c(c1-c1ccco1)CCCC2. The molecule has 1 aromatic carbocycles. The van der Waals surface area contributed by atoms with Crippen molar-refractivity contribution in [1.82, 2.24) is 4.98 Å². The lowest BCUT2D eigenvalue weighted by atomic mass is 9.89. The third-order valence-electron chi connectivity index (χ3n) is 4.53. The first-order valence-corrected chi connectivity index (χ1v) is 9.20. The van der Waals surface area contributed by atoms with Crippen LogP contribution in [-0.4, -0.2) is 10.2 Å². The fraction of sp³-hybridized carbons (Fsp3) is 0.190. The van der Waals surface area contributed by atoms with E-state index in [1.54, 1.807) is 6.26 Å². The Morgan fingerprint density at radius 1 is 1.15 bits per heavy atom. The first-order chi connectivity index (χ1) is 13.3. The highest BCUT2D eigenvalue weighted by Gasteiger charge is 2.25. The average molecular weight is 375 g/mol. The highest BCUT2D eigenvalue weighted by atomic mass is 32.1. The van der Waals surface area contributed by atoms with Gasteiger partial charge >= 0.3 is 0 Å². The van der Waals surface area contributed by atoms with Crippen LogP contribution < -0.4 is 10.1 Å². The van der Waals surface area contributed by atoms with Gasteiger partial charge in [0.15, 0.2) is 0 Å². The predicted molar refractivity (Wildman–Crippen MR) is 107 cm³/mol. The second-order valence-corrected chi connectivity index (χ2v) is 6.64. The Hall–Kier alpha value is -3.17. The van der Waals surface area contributed by atoms with E-state index >= 15 is 0 Å². The van der Waals surface area contributed by atoms with Crippen LogP contribution in [0.4, 0.5) is 5.69 Å². The number of aromatic nitrogens is 1. The molecule has 0 spiro atoms. The molecule has 6 heteroatoms. The molecule has 2 heterocycles. The number of anilines is 1. The second-order valence-electron chi connectivity index (χ2n) is 6.27. The predicted octanol–water partition coefficient (Wildman–Crippen LogP) is 4.87. The minimum atomic E-state index is 0.145. The molecule has 134 valence electrons. The number of hydrogen-bond acceptors (Lipinski definition) is 5. The van der Waals surface area contributed by atoms with E-state index in [1.807, 2.05) is 42.5 Å². The Balaban J connectivity index is 1.73. The summed E-state index contributed by atoms with van der Waals surface area (Å²) in [5, 5.41) is 13.0. The Morgan fingerprint density at radius 2 is 1.96 bits per heavy atom. The highest BCUT2D eigenvalue weighted by molar-refractivity contribution is 7.80. The van der Waals surface area contributed by atoms with Crippen LogP contribution in [-0.2, 0) is 12.8 Å². The van der Waals surface area contributed by atoms with E-state index in [9.17, 15) is 5.26 Å². The van der Waals surface area contributed by atoms with Crippen LogP contribution in [0.3, 0.4) is 0 Å². The number of nitrogens with one attached hydrogen (secondary N) is 1. The van der Waals surface area contributed by atoms with E-state index in [-0.39, 0.29) is 11.1 Å². The molecule has 0 aliphatic heterocycles. The van der Waals surface area contributed by atoms with Gasteiger partial charge in [-0.05, 0) is 67.7 Å². The van der Waals surface area contributed by atoms with Gasteiger partial charge < -0.3 is 14.5 Å². The van der Waals surface area contributed by atoms with Crippen LogP contribution >= 0.6 is 12.2 Å². The lowest BCUT2D eigenvalue weighted by Crippen LogP contribution is -2.19. The van der Waals surface area contributed by atoms with Gasteiger partial charge in [-0.25, -0.2) is 4.98 Å². The van der Waals surface area contributed by atoms with Gasteiger partial charge in [0.1, 0.15) is 17.4 Å². The van der Waals surface area contributed by atoms with Crippen molar-refractivity contribution in [2.75, 3.05) is 5.32 Å². The molecule has 5 nitrogen and oxygen atoms in total. The van der Waals surface area contributed by atoms with E-state index in [0.717, 1.165) is 48.2 Å².